The van der Waals surface area contributed by atoms with Crippen molar-refractivity contribution >= 4 is 11.6 Å². The standard InChI is InChI=1S/C8H14N2O/c1-4-5-10-8(11)6(2)7(3)9-10/h6H,4-5H2,1-3H3. The van der Waals surface area contributed by atoms with E-state index in [0.717, 1.165) is 18.7 Å². The van der Waals surface area contributed by atoms with Crippen LogP contribution in [0.1, 0.15) is 27.2 Å². The molecule has 0 fully saturated rings. The second-order valence-corrected chi connectivity index (χ2v) is 2.92. The quantitative estimate of drug-likeness (QED) is 0.589. The minimum absolute atomic E-state index is 0.00144. The summed E-state index contributed by atoms with van der Waals surface area (Å²) in [6.07, 6.45) is 0.967. The van der Waals surface area contributed by atoms with Gasteiger partial charge in [-0.1, -0.05) is 6.92 Å². The zero-order valence-electron chi connectivity index (χ0n) is 7.29. The fourth-order valence-electron chi connectivity index (χ4n) is 1.10. The molecule has 0 N–H and O–H groups in total. The van der Waals surface area contributed by atoms with Gasteiger partial charge in [-0.25, -0.2) is 5.01 Å². The van der Waals surface area contributed by atoms with E-state index < -0.39 is 0 Å². The van der Waals surface area contributed by atoms with Crippen LogP contribution in [0.5, 0.6) is 0 Å². The van der Waals surface area contributed by atoms with Crippen LogP contribution < -0.4 is 0 Å². The van der Waals surface area contributed by atoms with E-state index in [1.165, 1.54) is 0 Å². The average molecular weight is 154 g/mol. The van der Waals surface area contributed by atoms with Crippen molar-refractivity contribution in [3.63, 3.8) is 0 Å². The Labute approximate surface area is 67.1 Å². The fourth-order valence-corrected chi connectivity index (χ4v) is 1.10. The Balaban J connectivity index is 2.65. The molecule has 0 radical (unpaired) electrons. The van der Waals surface area contributed by atoms with Gasteiger partial charge in [0.1, 0.15) is 0 Å². The highest BCUT2D eigenvalue weighted by Crippen LogP contribution is 2.14. The molecule has 0 saturated heterocycles. The predicted octanol–water partition coefficient (Wildman–Crippen LogP) is 1.25. The average Bonchev–Trinajstić information content (AvgIpc) is 2.19. The molecule has 3 nitrogen and oxygen atoms in total. The first-order chi connectivity index (χ1) is 5.16. The molecule has 1 amide bonds. The molecule has 3 heteroatoms. The van der Waals surface area contributed by atoms with Gasteiger partial charge in [0.25, 0.3) is 5.91 Å². The summed E-state index contributed by atoms with van der Waals surface area (Å²) in [5.74, 6) is 0.144. The number of amides is 1. The number of hydrogen-bond acceptors (Lipinski definition) is 2. The molecule has 0 aliphatic carbocycles. The first kappa shape index (κ1) is 8.24. The molecule has 0 aromatic rings. The van der Waals surface area contributed by atoms with Crippen LogP contribution in [0, 0.1) is 5.92 Å². The predicted molar refractivity (Wildman–Crippen MR) is 44.3 cm³/mol. The summed E-state index contributed by atoms with van der Waals surface area (Å²) in [5.41, 5.74) is 0.934. The largest absolute Gasteiger partial charge is 0.272 e. The van der Waals surface area contributed by atoms with Crippen LogP contribution >= 0.6 is 0 Å². The number of carbonyl (C=O) groups excluding carboxylic acids is 1. The zero-order valence-corrected chi connectivity index (χ0v) is 7.29. The summed E-state index contributed by atoms with van der Waals surface area (Å²) >= 11 is 0. The van der Waals surface area contributed by atoms with Crippen molar-refractivity contribution in [1.82, 2.24) is 5.01 Å². The Morgan fingerprint density at radius 3 is 2.64 bits per heavy atom. The van der Waals surface area contributed by atoms with Crippen molar-refractivity contribution in [1.29, 1.82) is 0 Å². The lowest BCUT2D eigenvalue weighted by atomic mass is 10.1. The molecule has 0 aromatic carbocycles. The van der Waals surface area contributed by atoms with Crippen LogP contribution in [-0.2, 0) is 4.79 Å². The second kappa shape index (κ2) is 3.03. The highest BCUT2D eigenvalue weighted by Gasteiger charge is 2.28. The van der Waals surface area contributed by atoms with E-state index in [1.807, 2.05) is 20.8 Å². The van der Waals surface area contributed by atoms with Crippen LogP contribution in [0.3, 0.4) is 0 Å². The maximum atomic E-state index is 11.3. The molecule has 0 spiro atoms. The highest BCUT2D eigenvalue weighted by molar-refractivity contribution is 6.06. The normalized spacial score (nSPS) is 24.3. The summed E-state index contributed by atoms with van der Waals surface area (Å²) in [5, 5.41) is 5.71. The summed E-state index contributed by atoms with van der Waals surface area (Å²) < 4.78 is 0. The van der Waals surface area contributed by atoms with Gasteiger partial charge in [0.05, 0.1) is 5.92 Å². The third-order valence-electron chi connectivity index (χ3n) is 1.97. The van der Waals surface area contributed by atoms with Crippen molar-refractivity contribution in [3.8, 4) is 0 Å². The van der Waals surface area contributed by atoms with Crippen LogP contribution in [0.2, 0.25) is 0 Å². The lowest BCUT2D eigenvalue weighted by molar-refractivity contribution is -0.131. The molecule has 0 aromatic heterocycles. The van der Waals surface area contributed by atoms with E-state index in [1.54, 1.807) is 5.01 Å². The molecule has 0 saturated carbocycles. The van der Waals surface area contributed by atoms with E-state index in [2.05, 4.69) is 5.10 Å². The van der Waals surface area contributed by atoms with Crippen molar-refractivity contribution in [3.05, 3.63) is 0 Å². The topological polar surface area (TPSA) is 32.7 Å². The molecule has 1 atom stereocenters. The molecule has 0 bridgehead atoms. The van der Waals surface area contributed by atoms with Crippen LogP contribution in [-0.4, -0.2) is 23.2 Å². The Morgan fingerprint density at radius 2 is 2.27 bits per heavy atom. The summed E-state index contributed by atoms with van der Waals surface area (Å²) in [6.45, 7) is 6.59. The second-order valence-electron chi connectivity index (χ2n) is 2.92. The van der Waals surface area contributed by atoms with Gasteiger partial charge in [0.2, 0.25) is 0 Å². The van der Waals surface area contributed by atoms with Gasteiger partial charge in [0, 0.05) is 12.3 Å². The monoisotopic (exact) mass is 154 g/mol. The Hall–Kier alpha value is -0.860. The smallest absolute Gasteiger partial charge is 0.251 e. The minimum atomic E-state index is 0.00144. The summed E-state index contributed by atoms with van der Waals surface area (Å²) in [4.78, 5) is 11.3. The van der Waals surface area contributed by atoms with Crippen molar-refractivity contribution in [2.24, 2.45) is 11.0 Å². The van der Waals surface area contributed by atoms with Gasteiger partial charge < -0.3 is 0 Å². The summed E-state index contributed by atoms with van der Waals surface area (Å²) in [7, 11) is 0. The summed E-state index contributed by atoms with van der Waals surface area (Å²) in [6, 6.07) is 0. The SMILES string of the molecule is CCCN1N=C(C)C(C)C1=O. The molecule has 62 valence electrons. The van der Waals surface area contributed by atoms with E-state index in [0.29, 0.717) is 0 Å². The van der Waals surface area contributed by atoms with Gasteiger partial charge in [-0.3, -0.25) is 4.79 Å². The van der Waals surface area contributed by atoms with Crippen LogP contribution in [0.4, 0.5) is 0 Å². The van der Waals surface area contributed by atoms with E-state index in [-0.39, 0.29) is 11.8 Å². The molecular formula is C8H14N2O. The molecule has 1 aliphatic heterocycles. The number of hydrogen-bond donors (Lipinski definition) is 0. The van der Waals surface area contributed by atoms with Crippen molar-refractivity contribution in [2.45, 2.75) is 27.2 Å². The number of rotatable bonds is 2. The Morgan fingerprint density at radius 1 is 1.64 bits per heavy atom. The Kier molecular flexibility index (Phi) is 2.27. The molecule has 1 heterocycles. The highest BCUT2D eigenvalue weighted by atomic mass is 16.2. The van der Waals surface area contributed by atoms with Gasteiger partial charge in [-0.2, -0.15) is 5.10 Å². The minimum Gasteiger partial charge on any atom is -0.272 e. The third kappa shape index (κ3) is 1.42. The lowest BCUT2D eigenvalue weighted by Gasteiger charge is -2.10. The first-order valence-corrected chi connectivity index (χ1v) is 4.03. The van der Waals surface area contributed by atoms with Gasteiger partial charge in [-0.05, 0) is 20.3 Å². The van der Waals surface area contributed by atoms with Gasteiger partial charge >= 0.3 is 0 Å². The van der Waals surface area contributed by atoms with Crippen molar-refractivity contribution in [2.75, 3.05) is 6.54 Å². The zero-order chi connectivity index (χ0) is 8.43. The molecule has 1 rings (SSSR count). The molecule has 1 aliphatic rings. The fraction of sp³-hybridized carbons (Fsp3) is 0.750. The first-order valence-electron chi connectivity index (χ1n) is 4.03. The van der Waals surface area contributed by atoms with E-state index in [4.69, 9.17) is 0 Å². The Bertz CT molecular complexity index is 198. The van der Waals surface area contributed by atoms with E-state index >= 15 is 0 Å². The number of hydrazone groups is 1. The van der Waals surface area contributed by atoms with Crippen molar-refractivity contribution < 1.29 is 4.79 Å². The molecular weight excluding hydrogens is 140 g/mol. The van der Waals surface area contributed by atoms with Gasteiger partial charge in [-0.15, -0.1) is 0 Å². The molecule has 11 heavy (non-hydrogen) atoms. The molecule has 1 unspecified atom stereocenters. The lowest BCUT2D eigenvalue weighted by Crippen LogP contribution is -2.26. The number of carbonyl (C=O) groups is 1. The van der Waals surface area contributed by atoms with Crippen LogP contribution in [0.25, 0.3) is 0 Å². The maximum absolute atomic E-state index is 11.3. The van der Waals surface area contributed by atoms with Gasteiger partial charge in [0.15, 0.2) is 0 Å². The number of nitrogens with zero attached hydrogens (tertiary/aromatic N) is 2. The third-order valence-corrected chi connectivity index (χ3v) is 1.97. The van der Waals surface area contributed by atoms with E-state index in [9.17, 15) is 4.79 Å². The maximum Gasteiger partial charge on any atom is 0.251 e. The van der Waals surface area contributed by atoms with Crippen LogP contribution in [0.15, 0.2) is 5.10 Å².